The second kappa shape index (κ2) is 7.04. The lowest BCUT2D eigenvalue weighted by Gasteiger charge is -2.38. The Bertz CT molecular complexity index is 1080. The van der Waals surface area contributed by atoms with Crippen molar-refractivity contribution < 1.29 is 26.3 Å². The molecule has 1 aromatic heterocycles. The summed E-state index contributed by atoms with van der Waals surface area (Å²) in [4.78, 5) is 2.09. The van der Waals surface area contributed by atoms with Gasteiger partial charge in [0, 0.05) is 48.6 Å². The molecule has 11 heteroatoms. The molecule has 2 unspecified atom stereocenters. The second-order valence-corrected chi connectivity index (χ2v) is 10.3. The van der Waals surface area contributed by atoms with Gasteiger partial charge in [0.1, 0.15) is 11.9 Å². The van der Waals surface area contributed by atoms with Crippen molar-refractivity contribution in [1.82, 2.24) is 14.1 Å². The maximum atomic E-state index is 14.1. The molecule has 1 saturated heterocycles. The first kappa shape index (κ1) is 20.0. The summed E-state index contributed by atoms with van der Waals surface area (Å²) in [6.07, 6.45) is 2.53. The van der Waals surface area contributed by atoms with Crippen molar-refractivity contribution in [1.29, 1.82) is 0 Å². The maximum absolute atomic E-state index is 14.1. The highest BCUT2D eigenvalue weighted by molar-refractivity contribution is 7.90. The van der Waals surface area contributed by atoms with Gasteiger partial charge in [0.2, 0.25) is 0 Å². The van der Waals surface area contributed by atoms with E-state index in [1.165, 1.54) is 0 Å². The predicted molar refractivity (Wildman–Crippen MR) is 100 cm³/mol. The minimum Gasteiger partial charge on any atom is -0.370 e. The van der Waals surface area contributed by atoms with Crippen LogP contribution in [-0.4, -0.2) is 46.4 Å². The number of nitrogens with zero attached hydrogens (tertiary/aromatic N) is 3. The van der Waals surface area contributed by atoms with Crippen LogP contribution in [0.1, 0.15) is 42.2 Å². The van der Waals surface area contributed by atoms with E-state index in [1.54, 1.807) is 6.20 Å². The third-order valence-electron chi connectivity index (χ3n) is 6.05. The van der Waals surface area contributed by atoms with Gasteiger partial charge in [-0.05, 0) is 25.3 Å². The van der Waals surface area contributed by atoms with Crippen LogP contribution in [0.4, 0.5) is 13.2 Å². The number of benzene rings is 1. The van der Waals surface area contributed by atoms with Crippen LogP contribution in [-0.2, 0) is 27.8 Å². The van der Waals surface area contributed by atoms with Crippen molar-refractivity contribution >= 4 is 10.0 Å². The molecule has 3 atom stereocenters. The summed E-state index contributed by atoms with van der Waals surface area (Å²) in [5, 5.41) is 3.94. The first-order valence-electron chi connectivity index (χ1n) is 9.81. The molecule has 30 heavy (non-hydrogen) atoms. The number of hydrogen-bond donors (Lipinski definition) is 1. The highest BCUT2D eigenvalue weighted by atomic mass is 32.2. The van der Waals surface area contributed by atoms with Gasteiger partial charge in [-0.25, -0.2) is 21.6 Å². The van der Waals surface area contributed by atoms with Gasteiger partial charge in [0.25, 0.3) is 10.0 Å². The zero-order chi connectivity index (χ0) is 21.2. The molecule has 2 N–H and O–H groups in total. The van der Waals surface area contributed by atoms with Gasteiger partial charge < -0.3 is 10.5 Å². The van der Waals surface area contributed by atoms with Gasteiger partial charge in [0.05, 0.1) is 17.6 Å². The Balaban J connectivity index is 1.26. The van der Waals surface area contributed by atoms with Crippen LogP contribution in [0, 0.1) is 17.5 Å². The molecule has 2 fully saturated rings. The lowest BCUT2D eigenvalue weighted by molar-refractivity contribution is -0.0533. The van der Waals surface area contributed by atoms with Crippen LogP contribution in [0.25, 0.3) is 0 Å². The van der Waals surface area contributed by atoms with Gasteiger partial charge in [-0.3, -0.25) is 4.90 Å². The number of nitrogens with two attached hydrogens (primary N) is 1. The molecule has 3 aliphatic rings. The van der Waals surface area contributed by atoms with Crippen molar-refractivity contribution in [2.75, 3.05) is 6.61 Å². The number of fused-ring (bicyclic) bond motifs is 1. The van der Waals surface area contributed by atoms with Crippen molar-refractivity contribution in [2.45, 2.75) is 55.8 Å². The molecular weight excluding hydrogens is 421 g/mol. The molecule has 2 aliphatic heterocycles. The van der Waals surface area contributed by atoms with Crippen LogP contribution < -0.4 is 5.73 Å². The minimum absolute atomic E-state index is 0.0766. The number of hydrogen-bond acceptors (Lipinski definition) is 6. The van der Waals surface area contributed by atoms with Crippen LogP contribution >= 0.6 is 0 Å². The van der Waals surface area contributed by atoms with Crippen LogP contribution in [0.3, 0.4) is 0 Å². The number of aromatic nitrogens is 2. The smallest absolute Gasteiger partial charge is 0.256 e. The molecule has 0 amide bonds. The summed E-state index contributed by atoms with van der Waals surface area (Å²) in [6, 6.07) is 0.614. The van der Waals surface area contributed by atoms with E-state index in [4.69, 9.17) is 10.5 Å². The van der Waals surface area contributed by atoms with E-state index in [-0.39, 0.29) is 23.5 Å². The molecule has 0 spiro atoms. The fourth-order valence-corrected chi connectivity index (χ4v) is 5.76. The first-order chi connectivity index (χ1) is 14.2. The Morgan fingerprint density at radius 1 is 1.10 bits per heavy atom. The van der Waals surface area contributed by atoms with Crippen LogP contribution in [0.5, 0.6) is 0 Å². The van der Waals surface area contributed by atoms with E-state index >= 15 is 0 Å². The van der Waals surface area contributed by atoms with Gasteiger partial charge in [-0.1, -0.05) is 0 Å². The summed E-state index contributed by atoms with van der Waals surface area (Å²) >= 11 is 0. The van der Waals surface area contributed by atoms with Crippen LogP contribution in [0.2, 0.25) is 0 Å². The Labute approximate surface area is 171 Å². The zero-order valence-corrected chi connectivity index (χ0v) is 16.8. The SMILES string of the molecule is N[C@H]1CC(N2Cc3cn(S(=O)(=O)C4CC4)nc3C2)COC1c1cc(F)c(F)cc1F. The molecule has 5 rings (SSSR count). The Hall–Kier alpha value is -1.95. The van der Waals surface area contributed by atoms with E-state index in [0.717, 1.165) is 15.7 Å². The predicted octanol–water partition coefficient (Wildman–Crippen LogP) is 1.81. The fourth-order valence-electron chi connectivity index (χ4n) is 4.23. The third-order valence-corrected chi connectivity index (χ3v) is 8.08. The monoisotopic (exact) mass is 442 g/mol. The lowest BCUT2D eigenvalue weighted by atomic mass is 9.93. The van der Waals surface area contributed by atoms with Crippen molar-refractivity contribution in [3.8, 4) is 0 Å². The van der Waals surface area contributed by atoms with Gasteiger partial charge in [0.15, 0.2) is 11.6 Å². The molecule has 1 aromatic carbocycles. The van der Waals surface area contributed by atoms with E-state index in [9.17, 15) is 21.6 Å². The summed E-state index contributed by atoms with van der Waals surface area (Å²) in [5.41, 5.74) is 7.66. The van der Waals surface area contributed by atoms with E-state index in [1.807, 2.05) is 0 Å². The third kappa shape index (κ3) is 3.33. The average molecular weight is 442 g/mol. The topological polar surface area (TPSA) is 90.5 Å². The van der Waals surface area contributed by atoms with Crippen molar-refractivity contribution in [2.24, 2.45) is 5.73 Å². The number of halogens is 3. The molecule has 162 valence electrons. The lowest BCUT2D eigenvalue weighted by Crippen LogP contribution is -2.47. The summed E-state index contributed by atoms with van der Waals surface area (Å²) < 4.78 is 72.4. The normalized spacial score (nSPS) is 27.4. The highest BCUT2D eigenvalue weighted by Crippen LogP contribution is 2.35. The highest BCUT2D eigenvalue weighted by Gasteiger charge is 2.40. The minimum atomic E-state index is -3.39. The van der Waals surface area contributed by atoms with E-state index < -0.39 is 39.6 Å². The Morgan fingerprint density at radius 3 is 2.50 bits per heavy atom. The van der Waals surface area contributed by atoms with Gasteiger partial charge >= 0.3 is 0 Å². The summed E-state index contributed by atoms with van der Waals surface area (Å²) in [6.45, 7) is 1.22. The second-order valence-electron chi connectivity index (χ2n) is 8.22. The Morgan fingerprint density at radius 2 is 1.83 bits per heavy atom. The molecule has 1 saturated carbocycles. The Kier molecular flexibility index (Phi) is 4.69. The van der Waals surface area contributed by atoms with Crippen molar-refractivity contribution in [3.63, 3.8) is 0 Å². The maximum Gasteiger partial charge on any atom is 0.256 e. The largest absolute Gasteiger partial charge is 0.370 e. The molecule has 0 bridgehead atoms. The van der Waals surface area contributed by atoms with Crippen molar-refractivity contribution in [3.05, 3.63) is 52.6 Å². The van der Waals surface area contributed by atoms with Crippen LogP contribution in [0.15, 0.2) is 18.3 Å². The standard InChI is InChI=1S/C19H21F3N4O3S/c20-14-5-16(22)15(21)4-13(14)19-17(23)3-11(9-29-19)25-6-10-7-26(24-18(10)8-25)30(27,28)12-1-2-12/h4-5,7,11-12,17,19H,1-3,6,8-9,23H2/t11?,17-,19?/m0/s1. The average Bonchev–Trinajstić information content (AvgIpc) is 3.36. The first-order valence-corrected chi connectivity index (χ1v) is 11.3. The number of rotatable bonds is 4. The number of ether oxygens (including phenoxy) is 1. The molecule has 1 aliphatic carbocycles. The molecule has 7 nitrogen and oxygen atoms in total. The zero-order valence-electron chi connectivity index (χ0n) is 16.0. The quantitative estimate of drug-likeness (QED) is 0.727. The summed E-state index contributed by atoms with van der Waals surface area (Å²) in [7, 11) is -3.39. The summed E-state index contributed by atoms with van der Waals surface area (Å²) in [5.74, 6) is -3.29. The molecule has 3 heterocycles. The van der Waals surface area contributed by atoms with E-state index in [0.29, 0.717) is 44.1 Å². The van der Waals surface area contributed by atoms with E-state index in [2.05, 4.69) is 10.00 Å². The van der Waals surface area contributed by atoms with Gasteiger partial charge in [-0.2, -0.15) is 9.19 Å². The molecule has 2 aromatic rings. The molecular formula is C19H21F3N4O3S. The fraction of sp³-hybridized carbons (Fsp3) is 0.526. The van der Waals surface area contributed by atoms with Gasteiger partial charge in [-0.15, -0.1) is 0 Å². The molecule has 0 radical (unpaired) electrons.